The Morgan fingerprint density at radius 1 is 0.941 bits per heavy atom. The Labute approximate surface area is 104 Å². The zero-order valence-electron chi connectivity index (χ0n) is 11.7. The number of pyridine rings is 1. The summed E-state index contributed by atoms with van der Waals surface area (Å²) in [7, 11) is 0. The molecule has 2 aromatic rings. The third-order valence-corrected chi connectivity index (χ3v) is 3.00. The predicted molar refractivity (Wildman–Crippen MR) is 72.6 cm³/mol. The first kappa shape index (κ1) is 12.2. The van der Waals surface area contributed by atoms with Gasteiger partial charge in [0.1, 0.15) is 0 Å². The fourth-order valence-corrected chi connectivity index (χ4v) is 2.26. The number of nitrogens with zero attached hydrogens (tertiary/aromatic N) is 2. The van der Waals surface area contributed by atoms with Gasteiger partial charge in [-0.25, -0.2) is 4.52 Å². The molecular formula is C15H22N2. The van der Waals surface area contributed by atoms with Crippen molar-refractivity contribution < 1.29 is 0 Å². The van der Waals surface area contributed by atoms with Gasteiger partial charge in [0, 0.05) is 17.2 Å². The van der Waals surface area contributed by atoms with Crippen LogP contribution in [0.3, 0.4) is 0 Å². The molecule has 0 saturated heterocycles. The van der Waals surface area contributed by atoms with Crippen LogP contribution in [0, 0.1) is 0 Å². The normalized spacial score (nSPS) is 13.3. The lowest BCUT2D eigenvalue weighted by atomic mass is 9.79. The van der Waals surface area contributed by atoms with Gasteiger partial charge in [-0.05, 0) is 17.5 Å². The number of hydrogen-bond acceptors (Lipinski definition) is 1. The summed E-state index contributed by atoms with van der Waals surface area (Å²) in [6.45, 7) is 13.4. The largest absolute Gasteiger partial charge is 0.240 e. The molecule has 0 aliphatic rings. The molecule has 2 nitrogen and oxygen atoms in total. The van der Waals surface area contributed by atoms with Crippen LogP contribution in [0.25, 0.3) is 5.52 Å². The van der Waals surface area contributed by atoms with E-state index in [1.165, 1.54) is 16.8 Å². The van der Waals surface area contributed by atoms with E-state index in [-0.39, 0.29) is 10.8 Å². The van der Waals surface area contributed by atoms with E-state index in [0.29, 0.717) is 0 Å². The molecule has 2 heterocycles. The molecule has 2 aromatic heterocycles. The number of aromatic nitrogens is 2. The van der Waals surface area contributed by atoms with Crippen LogP contribution in [0.5, 0.6) is 0 Å². The molecule has 0 atom stereocenters. The summed E-state index contributed by atoms with van der Waals surface area (Å²) in [6.07, 6.45) is 2.03. The van der Waals surface area contributed by atoms with Crippen LogP contribution in [-0.4, -0.2) is 9.61 Å². The van der Waals surface area contributed by atoms with E-state index in [9.17, 15) is 0 Å². The summed E-state index contributed by atoms with van der Waals surface area (Å²) in [6, 6.07) is 6.26. The second-order valence-corrected chi connectivity index (χ2v) is 6.75. The molecule has 92 valence electrons. The Bertz CT molecular complexity index is 536. The molecule has 0 aromatic carbocycles. The molecule has 0 radical (unpaired) electrons. The minimum Gasteiger partial charge on any atom is -0.240 e. The highest BCUT2D eigenvalue weighted by molar-refractivity contribution is 5.60. The average molecular weight is 230 g/mol. The molecule has 0 aliphatic carbocycles. The monoisotopic (exact) mass is 230 g/mol. The van der Waals surface area contributed by atoms with Crippen LogP contribution in [0.1, 0.15) is 52.8 Å². The van der Waals surface area contributed by atoms with Crippen molar-refractivity contribution in [2.24, 2.45) is 0 Å². The lowest BCUT2D eigenvalue weighted by Gasteiger charge is -2.25. The Morgan fingerprint density at radius 3 is 2.12 bits per heavy atom. The van der Waals surface area contributed by atoms with Gasteiger partial charge in [0.05, 0.1) is 11.2 Å². The van der Waals surface area contributed by atoms with Crippen molar-refractivity contribution in [3.05, 3.63) is 35.7 Å². The summed E-state index contributed by atoms with van der Waals surface area (Å²) in [5.74, 6) is 0. The van der Waals surface area contributed by atoms with E-state index in [0.717, 1.165) is 0 Å². The molecule has 0 amide bonds. The maximum atomic E-state index is 4.77. The van der Waals surface area contributed by atoms with Gasteiger partial charge < -0.3 is 0 Å². The lowest BCUT2D eigenvalue weighted by Crippen LogP contribution is -2.21. The first-order valence-corrected chi connectivity index (χ1v) is 6.19. The van der Waals surface area contributed by atoms with Gasteiger partial charge >= 0.3 is 0 Å². The summed E-state index contributed by atoms with van der Waals surface area (Å²) < 4.78 is 2.00. The van der Waals surface area contributed by atoms with Crippen LogP contribution in [-0.2, 0) is 10.8 Å². The lowest BCUT2D eigenvalue weighted by molar-refractivity contribution is 0.520. The summed E-state index contributed by atoms with van der Waals surface area (Å²) in [5.41, 5.74) is 3.99. The van der Waals surface area contributed by atoms with Crippen LogP contribution in [0.2, 0.25) is 0 Å². The van der Waals surface area contributed by atoms with E-state index < -0.39 is 0 Å². The van der Waals surface area contributed by atoms with E-state index in [1.54, 1.807) is 0 Å². The highest BCUT2D eigenvalue weighted by Crippen LogP contribution is 2.35. The van der Waals surface area contributed by atoms with Crippen LogP contribution >= 0.6 is 0 Å². The van der Waals surface area contributed by atoms with Gasteiger partial charge in [-0.15, -0.1) is 0 Å². The van der Waals surface area contributed by atoms with Gasteiger partial charge in [0.25, 0.3) is 0 Å². The highest BCUT2D eigenvalue weighted by atomic mass is 15.2. The quantitative estimate of drug-likeness (QED) is 0.670. The van der Waals surface area contributed by atoms with E-state index in [2.05, 4.69) is 53.7 Å². The molecule has 0 spiro atoms. The molecule has 0 N–H and O–H groups in total. The van der Waals surface area contributed by atoms with Crippen molar-refractivity contribution in [3.63, 3.8) is 0 Å². The topological polar surface area (TPSA) is 17.3 Å². The zero-order valence-corrected chi connectivity index (χ0v) is 11.7. The molecule has 0 saturated carbocycles. The van der Waals surface area contributed by atoms with Crippen molar-refractivity contribution in [2.45, 2.75) is 52.4 Å². The molecule has 17 heavy (non-hydrogen) atoms. The smallest absolute Gasteiger partial charge is 0.0725 e. The molecular weight excluding hydrogens is 208 g/mol. The van der Waals surface area contributed by atoms with E-state index >= 15 is 0 Å². The van der Waals surface area contributed by atoms with Crippen molar-refractivity contribution >= 4 is 5.52 Å². The minimum absolute atomic E-state index is 0.0780. The molecule has 0 bridgehead atoms. The SMILES string of the molecule is CC(C)(C)c1nn2ccccc2c1C(C)(C)C. The Kier molecular flexibility index (Phi) is 2.57. The maximum absolute atomic E-state index is 4.77. The van der Waals surface area contributed by atoms with Crippen LogP contribution in [0.15, 0.2) is 24.4 Å². The fraction of sp³-hybridized carbons (Fsp3) is 0.533. The van der Waals surface area contributed by atoms with Crippen LogP contribution in [0.4, 0.5) is 0 Å². The third kappa shape index (κ3) is 2.08. The van der Waals surface area contributed by atoms with Crippen molar-refractivity contribution in [1.82, 2.24) is 9.61 Å². The molecule has 0 fully saturated rings. The summed E-state index contributed by atoms with van der Waals surface area (Å²) >= 11 is 0. The number of fused-ring (bicyclic) bond motifs is 1. The second kappa shape index (κ2) is 3.59. The number of rotatable bonds is 0. The van der Waals surface area contributed by atoms with Gasteiger partial charge in [0.15, 0.2) is 0 Å². The van der Waals surface area contributed by atoms with Gasteiger partial charge in [0.2, 0.25) is 0 Å². The Morgan fingerprint density at radius 2 is 1.59 bits per heavy atom. The first-order chi connectivity index (χ1) is 7.71. The predicted octanol–water partition coefficient (Wildman–Crippen LogP) is 3.93. The van der Waals surface area contributed by atoms with Crippen molar-refractivity contribution in [2.75, 3.05) is 0 Å². The van der Waals surface area contributed by atoms with E-state index in [4.69, 9.17) is 5.10 Å². The van der Waals surface area contributed by atoms with Gasteiger partial charge in [-0.3, -0.25) is 0 Å². The maximum Gasteiger partial charge on any atom is 0.0725 e. The Hall–Kier alpha value is -1.31. The summed E-state index contributed by atoms with van der Waals surface area (Å²) in [4.78, 5) is 0. The minimum atomic E-state index is 0.0780. The molecule has 0 unspecified atom stereocenters. The van der Waals surface area contributed by atoms with E-state index in [1.807, 2.05) is 16.8 Å². The van der Waals surface area contributed by atoms with Crippen molar-refractivity contribution in [3.8, 4) is 0 Å². The molecule has 2 heteroatoms. The molecule has 2 rings (SSSR count). The first-order valence-electron chi connectivity index (χ1n) is 6.19. The standard InChI is InChI=1S/C15H22N2/c1-14(2,3)12-11-9-7-8-10-17(11)16-13(12)15(4,5)6/h7-10H,1-6H3. The summed E-state index contributed by atoms with van der Waals surface area (Å²) in [5, 5.41) is 4.77. The highest BCUT2D eigenvalue weighted by Gasteiger charge is 2.30. The van der Waals surface area contributed by atoms with Gasteiger partial charge in [-0.2, -0.15) is 5.10 Å². The third-order valence-electron chi connectivity index (χ3n) is 3.00. The van der Waals surface area contributed by atoms with Crippen LogP contribution < -0.4 is 0 Å². The average Bonchev–Trinajstić information content (AvgIpc) is 2.54. The number of hydrogen-bond donors (Lipinski definition) is 0. The fourth-order valence-electron chi connectivity index (χ4n) is 2.26. The second-order valence-electron chi connectivity index (χ2n) is 6.75. The Balaban J connectivity index is 2.84. The van der Waals surface area contributed by atoms with Crippen molar-refractivity contribution in [1.29, 1.82) is 0 Å². The zero-order chi connectivity index (χ0) is 12.8. The van der Waals surface area contributed by atoms with Gasteiger partial charge in [-0.1, -0.05) is 47.6 Å². The molecule has 0 aliphatic heterocycles.